The van der Waals surface area contributed by atoms with E-state index in [2.05, 4.69) is 10.3 Å². The van der Waals surface area contributed by atoms with Crippen LogP contribution in [0.1, 0.15) is 30.5 Å². The molecule has 28 heavy (non-hydrogen) atoms. The third kappa shape index (κ3) is 3.98. The average Bonchev–Trinajstić information content (AvgIpc) is 2.72. The maximum Gasteiger partial charge on any atom is 0.279 e. The lowest BCUT2D eigenvalue weighted by Crippen LogP contribution is -2.26. The van der Waals surface area contributed by atoms with Gasteiger partial charge in [-0.2, -0.15) is 0 Å². The maximum absolute atomic E-state index is 12.0. The molecule has 1 aromatic heterocycles. The van der Waals surface area contributed by atoms with Crippen LogP contribution in [0.2, 0.25) is 0 Å². The van der Waals surface area contributed by atoms with Crippen LogP contribution in [-0.4, -0.2) is 20.9 Å². The summed E-state index contributed by atoms with van der Waals surface area (Å²) in [5, 5.41) is 25.3. The first-order chi connectivity index (χ1) is 13.5. The summed E-state index contributed by atoms with van der Waals surface area (Å²) in [4.78, 5) is 27.1. The van der Waals surface area contributed by atoms with Crippen molar-refractivity contribution in [3.05, 3.63) is 82.0 Å². The van der Waals surface area contributed by atoms with Crippen LogP contribution in [0.3, 0.4) is 0 Å². The monoisotopic (exact) mass is 377 g/mol. The Morgan fingerprint density at radius 1 is 1.29 bits per heavy atom. The Morgan fingerprint density at radius 2 is 2.04 bits per heavy atom. The highest BCUT2D eigenvalue weighted by molar-refractivity contribution is 5.93. The zero-order chi connectivity index (χ0) is 20.1. The molecule has 0 spiro atoms. The van der Waals surface area contributed by atoms with Gasteiger partial charge in [-0.1, -0.05) is 49.4 Å². The zero-order valence-corrected chi connectivity index (χ0v) is 15.2. The molecule has 7 heteroatoms. The molecule has 0 unspecified atom stereocenters. The number of aromatic nitrogens is 1. The van der Waals surface area contributed by atoms with Crippen molar-refractivity contribution in [3.8, 4) is 5.75 Å². The fourth-order valence-corrected chi connectivity index (χ4v) is 2.90. The second kappa shape index (κ2) is 8.30. The van der Waals surface area contributed by atoms with Gasteiger partial charge in [0.05, 0.1) is 16.4 Å². The Bertz CT molecular complexity index is 1050. The van der Waals surface area contributed by atoms with E-state index in [-0.39, 0.29) is 40.2 Å². The number of aromatic hydroxyl groups is 1. The van der Waals surface area contributed by atoms with Crippen LogP contribution in [0.15, 0.2) is 60.8 Å². The van der Waals surface area contributed by atoms with Gasteiger partial charge in [0.15, 0.2) is 0 Å². The van der Waals surface area contributed by atoms with E-state index in [1.54, 1.807) is 25.1 Å². The molecule has 0 aliphatic heterocycles. The van der Waals surface area contributed by atoms with Crippen LogP contribution >= 0.6 is 0 Å². The maximum atomic E-state index is 12.0. The minimum atomic E-state index is -0.752. The molecular formula is C21H19N3O4. The first kappa shape index (κ1) is 19.0. The molecule has 0 aliphatic rings. The largest absolute Gasteiger partial charge is 0.505 e. The smallest absolute Gasteiger partial charge is 0.279 e. The third-order valence-corrected chi connectivity index (χ3v) is 4.32. The van der Waals surface area contributed by atoms with Crippen molar-refractivity contribution < 1.29 is 14.8 Å². The van der Waals surface area contributed by atoms with Crippen molar-refractivity contribution in [3.63, 3.8) is 0 Å². The van der Waals surface area contributed by atoms with E-state index in [9.17, 15) is 20.0 Å². The SMILES string of the molecule is CCC(=O)N[C@H](/C=C/c1ccccc1)c1cc([N+](=O)[O-])c2cccnc2c1O. The molecule has 0 bridgehead atoms. The van der Waals surface area contributed by atoms with E-state index < -0.39 is 11.0 Å². The van der Waals surface area contributed by atoms with Crippen LogP contribution in [0, 0.1) is 10.1 Å². The number of hydrogen-bond donors (Lipinski definition) is 2. The predicted molar refractivity (Wildman–Crippen MR) is 107 cm³/mol. The number of non-ortho nitro benzene ring substituents is 1. The minimum Gasteiger partial charge on any atom is -0.505 e. The van der Waals surface area contributed by atoms with Crippen LogP contribution in [0.4, 0.5) is 5.69 Å². The predicted octanol–water partition coefficient (Wildman–Crippen LogP) is 4.13. The number of rotatable bonds is 6. The van der Waals surface area contributed by atoms with Crippen LogP contribution in [0.5, 0.6) is 5.75 Å². The van der Waals surface area contributed by atoms with Crippen molar-refractivity contribution in [2.45, 2.75) is 19.4 Å². The summed E-state index contributed by atoms with van der Waals surface area (Å²) in [5.41, 5.74) is 1.05. The standard InChI is InChI=1S/C21H19N3O4/c1-2-19(25)23-17(11-10-14-7-4-3-5-8-14)16-13-18(24(27)28)15-9-6-12-22-20(15)21(16)26/h3-13,17,26H,2H2,1H3,(H,23,25)/b11-10+/t17-/m1/s1. The summed E-state index contributed by atoms with van der Waals surface area (Å²) in [6.07, 6.45) is 5.17. The van der Waals surface area contributed by atoms with Crippen LogP contribution in [-0.2, 0) is 4.79 Å². The first-order valence-corrected chi connectivity index (χ1v) is 8.79. The lowest BCUT2D eigenvalue weighted by molar-refractivity contribution is -0.383. The molecule has 0 radical (unpaired) electrons. The Labute approximate surface area is 161 Å². The number of amides is 1. The summed E-state index contributed by atoms with van der Waals surface area (Å²) in [6.45, 7) is 1.71. The second-order valence-electron chi connectivity index (χ2n) is 6.16. The second-order valence-corrected chi connectivity index (χ2v) is 6.16. The topological polar surface area (TPSA) is 105 Å². The van der Waals surface area contributed by atoms with Gasteiger partial charge < -0.3 is 10.4 Å². The fourth-order valence-electron chi connectivity index (χ4n) is 2.90. The molecule has 0 saturated carbocycles. The molecule has 1 atom stereocenters. The highest BCUT2D eigenvalue weighted by atomic mass is 16.6. The number of nitrogens with one attached hydrogen (secondary N) is 1. The summed E-state index contributed by atoms with van der Waals surface area (Å²) in [6, 6.07) is 13.1. The number of nitro benzene ring substituents is 1. The summed E-state index contributed by atoms with van der Waals surface area (Å²) in [7, 11) is 0. The van der Waals surface area contributed by atoms with Gasteiger partial charge in [0, 0.05) is 24.2 Å². The summed E-state index contributed by atoms with van der Waals surface area (Å²) in [5.74, 6) is -0.439. The number of nitro groups is 1. The van der Waals surface area contributed by atoms with Crippen molar-refractivity contribution in [1.29, 1.82) is 0 Å². The molecule has 142 valence electrons. The number of phenolic OH excluding ortho intramolecular Hbond substituents is 1. The molecular weight excluding hydrogens is 358 g/mol. The van der Waals surface area contributed by atoms with Crippen molar-refractivity contribution >= 4 is 28.6 Å². The quantitative estimate of drug-likeness (QED) is 0.496. The number of nitrogens with zero attached hydrogens (tertiary/aromatic N) is 2. The van der Waals surface area contributed by atoms with Gasteiger partial charge in [0.25, 0.3) is 5.69 Å². The normalized spacial score (nSPS) is 12.2. The van der Waals surface area contributed by atoms with Gasteiger partial charge >= 0.3 is 0 Å². The number of carbonyl (C=O) groups excluding carboxylic acids is 1. The molecule has 2 N–H and O–H groups in total. The summed E-state index contributed by atoms with van der Waals surface area (Å²) >= 11 is 0. The van der Waals surface area contributed by atoms with Gasteiger partial charge in [-0.3, -0.25) is 19.9 Å². The van der Waals surface area contributed by atoms with Gasteiger partial charge in [-0.05, 0) is 17.7 Å². The van der Waals surface area contributed by atoms with E-state index in [1.807, 2.05) is 30.3 Å². The van der Waals surface area contributed by atoms with E-state index in [4.69, 9.17) is 0 Å². The highest BCUT2D eigenvalue weighted by Crippen LogP contribution is 2.38. The molecule has 1 heterocycles. The number of benzene rings is 2. The molecule has 0 saturated heterocycles. The molecule has 3 rings (SSSR count). The molecule has 7 nitrogen and oxygen atoms in total. The van der Waals surface area contributed by atoms with E-state index in [0.29, 0.717) is 0 Å². The number of phenols is 1. The Hall–Kier alpha value is -3.74. The molecule has 1 amide bonds. The van der Waals surface area contributed by atoms with Gasteiger partial charge in [0.2, 0.25) is 5.91 Å². The minimum absolute atomic E-state index is 0.121. The van der Waals surface area contributed by atoms with Crippen molar-refractivity contribution in [2.24, 2.45) is 0 Å². The molecule has 0 fully saturated rings. The van der Waals surface area contributed by atoms with Crippen LogP contribution < -0.4 is 5.32 Å². The van der Waals surface area contributed by atoms with E-state index >= 15 is 0 Å². The lowest BCUT2D eigenvalue weighted by Gasteiger charge is -2.17. The fraction of sp³-hybridized carbons (Fsp3) is 0.143. The Kier molecular flexibility index (Phi) is 5.64. The van der Waals surface area contributed by atoms with Crippen molar-refractivity contribution in [1.82, 2.24) is 10.3 Å². The number of fused-ring (bicyclic) bond motifs is 1. The van der Waals surface area contributed by atoms with Gasteiger partial charge in [0.1, 0.15) is 11.3 Å². The molecule has 0 aliphatic carbocycles. The average molecular weight is 377 g/mol. The Balaban J connectivity index is 2.14. The molecule has 3 aromatic rings. The third-order valence-electron chi connectivity index (χ3n) is 4.32. The van der Waals surface area contributed by atoms with Gasteiger partial charge in [-0.25, -0.2) is 0 Å². The van der Waals surface area contributed by atoms with E-state index in [1.165, 1.54) is 18.3 Å². The van der Waals surface area contributed by atoms with Crippen LogP contribution in [0.25, 0.3) is 17.0 Å². The first-order valence-electron chi connectivity index (χ1n) is 8.79. The lowest BCUT2D eigenvalue weighted by atomic mass is 9.99. The van der Waals surface area contributed by atoms with Gasteiger partial charge in [-0.15, -0.1) is 0 Å². The summed E-state index contributed by atoms with van der Waals surface area (Å²) < 4.78 is 0. The van der Waals surface area contributed by atoms with Crippen molar-refractivity contribution in [2.75, 3.05) is 0 Å². The zero-order valence-electron chi connectivity index (χ0n) is 15.2. The Morgan fingerprint density at radius 3 is 2.71 bits per heavy atom. The number of hydrogen-bond acceptors (Lipinski definition) is 5. The number of carbonyl (C=O) groups is 1. The number of pyridine rings is 1. The highest BCUT2D eigenvalue weighted by Gasteiger charge is 2.24. The van der Waals surface area contributed by atoms with E-state index in [0.717, 1.165) is 5.56 Å². The molecule has 2 aromatic carbocycles.